The van der Waals surface area contributed by atoms with Gasteiger partial charge in [0, 0.05) is 44.4 Å². The van der Waals surface area contributed by atoms with E-state index in [1.807, 2.05) is 0 Å². The SMILES string of the molecule is O=C(CCn1ccc(=O)[nH]c1=O)N1CCC(n2c(=O)[nH]c3ccccc3c2=O)CC1. The van der Waals surface area contributed by atoms with Crippen LogP contribution in [0.3, 0.4) is 0 Å². The van der Waals surface area contributed by atoms with Crippen LogP contribution in [0.4, 0.5) is 0 Å². The molecule has 1 saturated heterocycles. The van der Waals surface area contributed by atoms with E-state index in [2.05, 4.69) is 9.97 Å². The lowest BCUT2D eigenvalue weighted by atomic mass is 10.0. The van der Waals surface area contributed by atoms with Crippen LogP contribution in [0.5, 0.6) is 0 Å². The predicted molar refractivity (Wildman–Crippen MR) is 110 cm³/mol. The number of aryl methyl sites for hydroxylation is 1. The van der Waals surface area contributed by atoms with Gasteiger partial charge in [-0.1, -0.05) is 12.1 Å². The number of hydrogen-bond donors (Lipinski definition) is 2. The van der Waals surface area contributed by atoms with Gasteiger partial charge in [0.05, 0.1) is 10.9 Å². The first-order valence-electron chi connectivity index (χ1n) is 9.75. The van der Waals surface area contributed by atoms with E-state index < -0.39 is 16.9 Å². The number of para-hydroxylation sites is 1. The molecule has 0 bridgehead atoms. The van der Waals surface area contributed by atoms with Gasteiger partial charge in [0.25, 0.3) is 11.1 Å². The van der Waals surface area contributed by atoms with Gasteiger partial charge in [0.1, 0.15) is 0 Å². The quantitative estimate of drug-likeness (QED) is 0.614. The molecule has 1 amide bonds. The molecule has 1 aliphatic heterocycles. The summed E-state index contributed by atoms with van der Waals surface area (Å²) in [5, 5.41) is 0.460. The van der Waals surface area contributed by atoms with Crippen molar-refractivity contribution in [1.82, 2.24) is 24.0 Å². The highest BCUT2D eigenvalue weighted by molar-refractivity contribution is 5.77. The van der Waals surface area contributed by atoms with Crippen LogP contribution in [-0.2, 0) is 11.3 Å². The van der Waals surface area contributed by atoms with E-state index in [-0.39, 0.29) is 30.5 Å². The summed E-state index contributed by atoms with van der Waals surface area (Å²) in [5.41, 5.74) is -1.29. The molecule has 2 N–H and O–H groups in total. The summed E-state index contributed by atoms with van der Waals surface area (Å²) >= 11 is 0. The zero-order valence-corrected chi connectivity index (χ0v) is 16.2. The molecule has 30 heavy (non-hydrogen) atoms. The lowest BCUT2D eigenvalue weighted by molar-refractivity contribution is -0.132. The number of carbonyl (C=O) groups excluding carboxylic acids is 1. The van der Waals surface area contributed by atoms with E-state index in [1.165, 1.54) is 21.4 Å². The minimum Gasteiger partial charge on any atom is -0.342 e. The smallest absolute Gasteiger partial charge is 0.329 e. The zero-order chi connectivity index (χ0) is 21.3. The monoisotopic (exact) mass is 411 g/mol. The summed E-state index contributed by atoms with van der Waals surface area (Å²) in [7, 11) is 0. The van der Waals surface area contributed by atoms with Crippen molar-refractivity contribution in [2.24, 2.45) is 0 Å². The second kappa shape index (κ2) is 7.97. The van der Waals surface area contributed by atoms with Crippen molar-refractivity contribution < 1.29 is 4.79 Å². The molecule has 10 heteroatoms. The number of benzene rings is 1. The number of rotatable bonds is 4. The molecule has 1 aliphatic rings. The number of fused-ring (bicyclic) bond motifs is 1. The Balaban J connectivity index is 1.43. The Labute approximate surface area is 169 Å². The molecule has 1 fully saturated rings. The van der Waals surface area contributed by atoms with Gasteiger partial charge >= 0.3 is 11.4 Å². The first kappa shape index (κ1) is 19.6. The number of likely N-dealkylation sites (tertiary alicyclic amines) is 1. The topological polar surface area (TPSA) is 130 Å². The summed E-state index contributed by atoms with van der Waals surface area (Å²) in [6.07, 6.45) is 2.46. The third-order valence-electron chi connectivity index (χ3n) is 5.48. The number of nitrogens with one attached hydrogen (secondary N) is 2. The maximum atomic E-state index is 12.8. The average Bonchev–Trinajstić information content (AvgIpc) is 2.73. The van der Waals surface area contributed by atoms with Crippen molar-refractivity contribution in [2.45, 2.75) is 31.8 Å². The number of aromatic amines is 2. The number of hydrogen-bond acceptors (Lipinski definition) is 5. The summed E-state index contributed by atoms with van der Waals surface area (Å²) in [6.45, 7) is 1.00. The van der Waals surface area contributed by atoms with Crippen molar-refractivity contribution in [2.75, 3.05) is 13.1 Å². The van der Waals surface area contributed by atoms with Crippen molar-refractivity contribution in [3.63, 3.8) is 0 Å². The van der Waals surface area contributed by atoms with Crippen LogP contribution in [-0.4, -0.2) is 43.0 Å². The highest BCUT2D eigenvalue weighted by atomic mass is 16.2. The summed E-state index contributed by atoms with van der Waals surface area (Å²) < 4.78 is 2.53. The van der Waals surface area contributed by atoms with Crippen LogP contribution in [0.2, 0.25) is 0 Å². The molecule has 156 valence electrons. The van der Waals surface area contributed by atoms with Gasteiger partial charge in [-0.05, 0) is 25.0 Å². The number of H-pyrrole nitrogens is 2. The third-order valence-corrected chi connectivity index (χ3v) is 5.48. The van der Waals surface area contributed by atoms with Crippen molar-refractivity contribution in [3.8, 4) is 0 Å². The fourth-order valence-corrected chi connectivity index (χ4v) is 3.88. The van der Waals surface area contributed by atoms with E-state index in [1.54, 1.807) is 29.2 Å². The Morgan fingerprint density at radius 3 is 2.43 bits per heavy atom. The Bertz CT molecular complexity index is 1320. The van der Waals surface area contributed by atoms with Crippen molar-refractivity contribution in [1.29, 1.82) is 0 Å². The number of amides is 1. The van der Waals surface area contributed by atoms with Gasteiger partial charge in [0.15, 0.2) is 0 Å². The van der Waals surface area contributed by atoms with Crippen LogP contribution in [0, 0.1) is 0 Å². The predicted octanol–water partition coefficient (Wildman–Crippen LogP) is -0.206. The highest BCUT2D eigenvalue weighted by Crippen LogP contribution is 2.21. The molecule has 1 aromatic carbocycles. The van der Waals surface area contributed by atoms with Gasteiger partial charge in [-0.2, -0.15) is 0 Å². The fourth-order valence-electron chi connectivity index (χ4n) is 3.88. The van der Waals surface area contributed by atoms with Crippen LogP contribution in [0.25, 0.3) is 10.9 Å². The number of piperidine rings is 1. The van der Waals surface area contributed by atoms with Gasteiger partial charge in [-0.3, -0.25) is 23.9 Å². The maximum absolute atomic E-state index is 12.8. The van der Waals surface area contributed by atoms with Crippen molar-refractivity contribution in [3.05, 3.63) is 78.2 Å². The molecule has 0 unspecified atom stereocenters. The number of nitrogens with zero attached hydrogens (tertiary/aromatic N) is 3. The molecule has 3 heterocycles. The third kappa shape index (κ3) is 3.76. The second-order valence-electron chi connectivity index (χ2n) is 7.32. The van der Waals surface area contributed by atoms with Crippen LogP contribution < -0.4 is 22.5 Å². The van der Waals surface area contributed by atoms with Crippen molar-refractivity contribution >= 4 is 16.8 Å². The molecule has 3 aromatic rings. The Kier molecular flexibility index (Phi) is 5.21. The van der Waals surface area contributed by atoms with Gasteiger partial charge in [-0.15, -0.1) is 0 Å². The molecule has 4 rings (SSSR count). The first-order chi connectivity index (χ1) is 14.4. The summed E-state index contributed by atoms with van der Waals surface area (Å²) in [5.74, 6) is -0.119. The number of aromatic nitrogens is 4. The van der Waals surface area contributed by atoms with Gasteiger partial charge < -0.3 is 14.5 Å². The normalized spacial score (nSPS) is 14.9. The van der Waals surface area contributed by atoms with Crippen LogP contribution in [0.15, 0.2) is 55.7 Å². The molecule has 0 radical (unpaired) electrons. The molecule has 0 saturated carbocycles. The molecular weight excluding hydrogens is 390 g/mol. The highest BCUT2D eigenvalue weighted by Gasteiger charge is 2.26. The molecule has 2 aromatic heterocycles. The standard InChI is InChI=1S/C20H21N5O5/c26-16-7-11-24(19(29)22-16)12-8-17(27)23-9-5-13(6-10-23)25-18(28)14-3-1-2-4-15(14)21-20(25)30/h1-4,7,11,13H,5-6,8-10,12H2,(H,21,30)(H,22,26,29). The zero-order valence-electron chi connectivity index (χ0n) is 16.2. The molecule has 0 spiro atoms. The molecule has 10 nitrogen and oxygen atoms in total. The van der Waals surface area contributed by atoms with Crippen LogP contribution >= 0.6 is 0 Å². The Morgan fingerprint density at radius 1 is 0.967 bits per heavy atom. The molecule has 0 aliphatic carbocycles. The minimum absolute atomic E-state index is 0.118. The largest absolute Gasteiger partial charge is 0.342 e. The molecule has 0 atom stereocenters. The number of carbonyl (C=O) groups is 1. The van der Waals surface area contributed by atoms with Gasteiger partial charge in [-0.25, -0.2) is 9.59 Å². The summed E-state index contributed by atoms with van der Waals surface area (Å²) in [6, 6.07) is 7.83. The Hall–Kier alpha value is -3.69. The van der Waals surface area contributed by atoms with E-state index in [9.17, 15) is 24.0 Å². The van der Waals surface area contributed by atoms with Crippen LogP contribution in [0.1, 0.15) is 25.3 Å². The van der Waals surface area contributed by atoms with E-state index in [4.69, 9.17) is 0 Å². The molecular formula is C20H21N5O5. The van der Waals surface area contributed by atoms with E-state index >= 15 is 0 Å². The minimum atomic E-state index is -0.552. The first-order valence-corrected chi connectivity index (χ1v) is 9.75. The van der Waals surface area contributed by atoms with E-state index in [0.717, 1.165) is 0 Å². The Morgan fingerprint density at radius 2 is 1.70 bits per heavy atom. The maximum Gasteiger partial charge on any atom is 0.329 e. The second-order valence-corrected chi connectivity index (χ2v) is 7.32. The van der Waals surface area contributed by atoms with Gasteiger partial charge in [0.2, 0.25) is 5.91 Å². The average molecular weight is 411 g/mol. The summed E-state index contributed by atoms with van der Waals surface area (Å²) in [4.78, 5) is 67.1. The lowest BCUT2D eigenvalue weighted by Crippen LogP contribution is -2.45. The lowest BCUT2D eigenvalue weighted by Gasteiger charge is -2.32. The van der Waals surface area contributed by atoms with E-state index in [0.29, 0.717) is 36.8 Å². The fraction of sp³-hybridized carbons (Fsp3) is 0.350.